The number of aliphatic hydroxyl groups is 5. The molecule has 37 heavy (non-hydrogen) atoms. The fourth-order valence-corrected chi connectivity index (χ4v) is 5.80. The van der Waals surface area contributed by atoms with Gasteiger partial charge in [0.25, 0.3) is 0 Å². The lowest BCUT2D eigenvalue weighted by Crippen LogP contribution is -2.68. The Morgan fingerprint density at radius 3 is 2.14 bits per heavy atom. The van der Waals surface area contributed by atoms with E-state index >= 15 is 0 Å². The number of likely N-dealkylation sites (N-methyl/N-ethyl adjacent to an activating group) is 1. The summed E-state index contributed by atoms with van der Waals surface area (Å²) in [5, 5.41) is 54.1. The summed E-state index contributed by atoms with van der Waals surface area (Å²) in [6, 6.07) is -3.34. The van der Waals surface area contributed by atoms with Gasteiger partial charge in [0.2, 0.25) is 0 Å². The van der Waals surface area contributed by atoms with Crippen LogP contribution in [0.25, 0.3) is 0 Å². The SMILES string of the molecule is CN[C@@H]1[C@@H](O[C@H]2O[C@H](CO)[C@@H](N)[C@H](O)[C@H]2O)O[C@H]2C[C@@H](N)[C@@H](O[C@H]3[C@H](O)[C@@H](O)[C@H](N)C[C@@H]3N)O[C@@H]2[C@@H]1C. The summed E-state index contributed by atoms with van der Waals surface area (Å²) in [6.45, 7) is 1.47. The molecule has 4 fully saturated rings. The number of nitrogens with two attached hydrogens (primary N) is 4. The van der Waals surface area contributed by atoms with Gasteiger partial charge in [0.15, 0.2) is 18.9 Å². The third-order valence-electron chi connectivity index (χ3n) is 8.12. The van der Waals surface area contributed by atoms with Crippen molar-refractivity contribution in [2.45, 2.75) is 118 Å². The van der Waals surface area contributed by atoms with Crippen LogP contribution in [-0.4, -0.2) is 137 Å². The van der Waals surface area contributed by atoms with Gasteiger partial charge in [0.05, 0.1) is 43.0 Å². The average molecular weight is 538 g/mol. The maximum absolute atomic E-state index is 10.5. The van der Waals surface area contributed by atoms with Crippen LogP contribution < -0.4 is 28.3 Å². The molecule has 0 aromatic rings. The van der Waals surface area contributed by atoms with E-state index in [1.54, 1.807) is 7.05 Å². The number of aliphatic hydroxyl groups excluding tert-OH is 5. The molecule has 3 saturated heterocycles. The Balaban J connectivity index is 1.43. The van der Waals surface area contributed by atoms with Crippen LogP contribution in [0.4, 0.5) is 0 Å². The van der Waals surface area contributed by atoms with Gasteiger partial charge in [-0.2, -0.15) is 0 Å². The standard InChI is InChI=1S/C22H43N5O10/c1-6-13(27-2)21(37-22-17(32)15(30)12(26)11(5-28)34-22)33-10-4-9(25)20(35-18(6)10)36-19-8(24)3-7(23)14(29)16(19)31/h6-22,27-32H,3-5,23-26H2,1-2H3/t6-,7-,8+,9-,10+,11-,12-,13+,14+,15+,16-,17-,18-,19-,20-,21-,22-/m1/s1. The first-order valence-corrected chi connectivity index (χ1v) is 12.8. The van der Waals surface area contributed by atoms with Crippen molar-refractivity contribution in [1.82, 2.24) is 5.32 Å². The van der Waals surface area contributed by atoms with E-state index in [1.807, 2.05) is 6.92 Å². The summed E-state index contributed by atoms with van der Waals surface area (Å²) in [5.41, 5.74) is 24.2. The van der Waals surface area contributed by atoms with Gasteiger partial charge in [-0.3, -0.25) is 0 Å². The van der Waals surface area contributed by atoms with Crippen molar-refractivity contribution in [3.8, 4) is 0 Å². The Bertz CT molecular complexity index is 755. The Labute approximate surface area is 215 Å². The summed E-state index contributed by atoms with van der Waals surface area (Å²) >= 11 is 0. The lowest BCUT2D eigenvalue weighted by Gasteiger charge is -2.52. The minimum atomic E-state index is -1.45. The molecule has 0 spiro atoms. The third kappa shape index (κ3) is 5.68. The molecular formula is C22H43N5O10. The molecule has 17 atom stereocenters. The summed E-state index contributed by atoms with van der Waals surface area (Å²) in [4.78, 5) is 0. The molecule has 1 saturated carbocycles. The molecule has 3 aliphatic heterocycles. The summed E-state index contributed by atoms with van der Waals surface area (Å²) < 4.78 is 30.0. The maximum atomic E-state index is 10.5. The van der Waals surface area contributed by atoms with Gasteiger partial charge < -0.3 is 77.5 Å². The summed E-state index contributed by atoms with van der Waals surface area (Å²) in [5.74, 6) is -0.210. The van der Waals surface area contributed by atoms with Gasteiger partial charge in [-0.15, -0.1) is 0 Å². The molecular weight excluding hydrogens is 494 g/mol. The van der Waals surface area contributed by atoms with Gasteiger partial charge >= 0.3 is 0 Å². The normalized spacial score (nSPS) is 55.1. The fraction of sp³-hybridized carbons (Fsp3) is 1.00. The van der Waals surface area contributed by atoms with Crippen LogP contribution in [0.5, 0.6) is 0 Å². The van der Waals surface area contributed by atoms with Gasteiger partial charge in [0, 0.05) is 18.0 Å². The predicted octanol–water partition coefficient (Wildman–Crippen LogP) is -5.67. The number of nitrogens with one attached hydrogen (secondary N) is 1. The van der Waals surface area contributed by atoms with Gasteiger partial charge in [-0.25, -0.2) is 0 Å². The van der Waals surface area contributed by atoms with Crippen molar-refractivity contribution >= 4 is 0 Å². The van der Waals surface area contributed by atoms with E-state index < -0.39 is 105 Å². The minimum absolute atomic E-state index is 0.210. The Morgan fingerprint density at radius 2 is 1.49 bits per heavy atom. The number of hydrogen-bond acceptors (Lipinski definition) is 15. The minimum Gasteiger partial charge on any atom is -0.394 e. The summed E-state index contributed by atoms with van der Waals surface area (Å²) in [6.07, 6.45) is -10.7. The third-order valence-corrected chi connectivity index (χ3v) is 8.12. The molecule has 14 N–H and O–H groups in total. The second kappa shape index (κ2) is 11.9. The highest BCUT2D eigenvalue weighted by molar-refractivity contribution is 5.01. The van der Waals surface area contributed by atoms with Crippen LogP contribution >= 0.6 is 0 Å². The van der Waals surface area contributed by atoms with Crippen molar-refractivity contribution in [3.05, 3.63) is 0 Å². The van der Waals surface area contributed by atoms with Crippen molar-refractivity contribution in [2.75, 3.05) is 13.7 Å². The van der Waals surface area contributed by atoms with Crippen LogP contribution in [0, 0.1) is 5.92 Å². The highest BCUT2D eigenvalue weighted by atomic mass is 16.8. The lowest BCUT2D eigenvalue weighted by molar-refractivity contribution is -0.368. The van der Waals surface area contributed by atoms with Crippen LogP contribution in [0.3, 0.4) is 0 Å². The quantitative estimate of drug-likeness (QED) is 0.151. The van der Waals surface area contributed by atoms with Crippen molar-refractivity contribution < 1.29 is 49.2 Å². The largest absolute Gasteiger partial charge is 0.394 e. The molecule has 3 heterocycles. The molecule has 4 rings (SSSR count). The van der Waals surface area contributed by atoms with E-state index in [4.69, 9.17) is 46.6 Å². The van der Waals surface area contributed by atoms with E-state index in [-0.39, 0.29) is 12.3 Å². The van der Waals surface area contributed by atoms with E-state index in [2.05, 4.69) is 5.32 Å². The van der Waals surface area contributed by atoms with Crippen LogP contribution in [0.2, 0.25) is 0 Å². The van der Waals surface area contributed by atoms with E-state index in [1.165, 1.54) is 0 Å². The molecule has 4 aliphatic rings. The number of fused-ring (bicyclic) bond motifs is 1. The zero-order valence-electron chi connectivity index (χ0n) is 21.0. The topological polar surface area (TPSA) is 263 Å². The molecule has 0 aromatic carbocycles. The van der Waals surface area contributed by atoms with Crippen LogP contribution in [-0.2, 0) is 23.7 Å². The van der Waals surface area contributed by atoms with E-state index in [9.17, 15) is 25.5 Å². The first-order chi connectivity index (χ1) is 17.5. The fourth-order valence-electron chi connectivity index (χ4n) is 5.80. The van der Waals surface area contributed by atoms with Crippen LogP contribution in [0.15, 0.2) is 0 Å². The van der Waals surface area contributed by atoms with Crippen molar-refractivity contribution in [2.24, 2.45) is 28.9 Å². The zero-order chi connectivity index (χ0) is 27.2. The Morgan fingerprint density at radius 1 is 0.784 bits per heavy atom. The molecule has 15 nitrogen and oxygen atoms in total. The molecule has 216 valence electrons. The Kier molecular flexibility index (Phi) is 9.43. The summed E-state index contributed by atoms with van der Waals surface area (Å²) in [7, 11) is 1.71. The highest BCUT2D eigenvalue weighted by Crippen LogP contribution is 2.37. The molecule has 0 aromatic heterocycles. The molecule has 15 heteroatoms. The second-order valence-electron chi connectivity index (χ2n) is 10.7. The van der Waals surface area contributed by atoms with Crippen molar-refractivity contribution in [1.29, 1.82) is 0 Å². The van der Waals surface area contributed by atoms with E-state index in [0.29, 0.717) is 6.42 Å². The average Bonchev–Trinajstić information content (AvgIpc) is 2.86. The molecule has 0 unspecified atom stereocenters. The highest BCUT2D eigenvalue weighted by Gasteiger charge is 2.53. The zero-order valence-corrected chi connectivity index (χ0v) is 21.0. The number of ether oxygens (including phenoxy) is 5. The van der Waals surface area contributed by atoms with E-state index in [0.717, 1.165) is 0 Å². The molecule has 0 radical (unpaired) electrons. The predicted molar refractivity (Wildman–Crippen MR) is 126 cm³/mol. The van der Waals surface area contributed by atoms with Gasteiger partial charge in [-0.05, 0) is 19.9 Å². The lowest BCUT2D eigenvalue weighted by atomic mass is 9.83. The van der Waals surface area contributed by atoms with Crippen LogP contribution in [0.1, 0.15) is 19.8 Å². The first-order valence-electron chi connectivity index (χ1n) is 12.8. The maximum Gasteiger partial charge on any atom is 0.189 e. The monoisotopic (exact) mass is 537 g/mol. The van der Waals surface area contributed by atoms with Crippen molar-refractivity contribution in [3.63, 3.8) is 0 Å². The molecule has 0 amide bonds. The molecule has 0 bridgehead atoms. The number of rotatable bonds is 6. The smallest absolute Gasteiger partial charge is 0.189 e. The number of hydrogen-bond donors (Lipinski definition) is 10. The van der Waals surface area contributed by atoms with Gasteiger partial charge in [-0.1, -0.05) is 6.92 Å². The first kappa shape index (κ1) is 29.4. The second-order valence-corrected chi connectivity index (χ2v) is 10.7. The molecule has 1 aliphatic carbocycles. The Hall–Kier alpha value is -0.600. The van der Waals surface area contributed by atoms with Gasteiger partial charge in [0.1, 0.15) is 30.5 Å².